The topological polar surface area (TPSA) is 107 Å². The summed E-state index contributed by atoms with van der Waals surface area (Å²) in [4.78, 5) is 21.6. The van der Waals surface area contributed by atoms with Gasteiger partial charge in [0.05, 0.1) is 6.04 Å². The van der Waals surface area contributed by atoms with Crippen LogP contribution in [-0.4, -0.2) is 51.5 Å². The van der Waals surface area contributed by atoms with Gasteiger partial charge in [0.25, 0.3) is 0 Å². The van der Waals surface area contributed by atoms with Crippen molar-refractivity contribution in [1.82, 2.24) is 5.32 Å². The van der Waals surface area contributed by atoms with E-state index in [2.05, 4.69) is 5.32 Å². The molecule has 6 nitrogen and oxygen atoms in total. The van der Waals surface area contributed by atoms with Crippen LogP contribution >= 0.6 is 11.8 Å². The standard InChI is InChI=1S/C9H17NO5S/c1-16-5-4-7(11)10-6(9(14)15)2-3-8(12)13/h6,9,14-15H,2-5H2,1H3,(H,10,11)(H,12,13). The first-order valence-electron chi connectivity index (χ1n) is 4.83. The Labute approximate surface area is 98.0 Å². The van der Waals surface area contributed by atoms with E-state index < -0.39 is 18.3 Å². The normalized spacial score (nSPS) is 12.5. The number of aliphatic hydroxyl groups is 2. The van der Waals surface area contributed by atoms with Crippen molar-refractivity contribution in [3.63, 3.8) is 0 Å². The van der Waals surface area contributed by atoms with Gasteiger partial charge in [-0.05, 0) is 12.7 Å². The summed E-state index contributed by atoms with van der Waals surface area (Å²) >= 11 is 1.50. The summed E-state index contributed by atoms with van der Waals surface area (Å²) in [7, 11) is 0. The summed E-state index contributed by atoms with van der Waals surface area (Å²) in [6.45, 7) is 0. The zero-order valence-electron chi connectivity index (χ0n) is 9.05. The Morgan fingerprint density at radius 3 is 2.38 bits per heavy atom. The number of carboxylic acid groups (broad SMARTS) is 1. The van der Waals surface area contributed by atoms with Crippen molar-refractivity contribution >= 4 is 23.6 Å². The number of nitrogens with one attached hydrogen (secondary N) is 1. The summed E-state index contributed by atoms with van der Waals surface area (Å²) < 4.78 is 0. The van der Waals surface area contributed by atoms with Gasteiger partial charge in [0.15, 0.2) is 6.29 Å². The zero-order valence-corrected chi connectivity index (χ0v) is 9.87. The SMILES string of the molecule is CSCCC(=O)NC(CCC(=O)O)C(O)O. The van der Waals surface area contributed by atoms with E-state index in [9.17, 15) is 9.59 Å². The number of carbonyl (C=O) groups is 2. The molecule has 1 unspecified atom stereocenters. The van der Waals surface area contributed by atoms with Crippen molar-refractivity contribution in [3.8, 4) is 0 Å². The molecule has 0 heterocycles. The van der Waals surface area contributed by atoms with Crippen molar-refractivity contribution in [2.24, 2.45) is 0 Å². The van der Waals surface area contributed by atoms with E-state index in [0.29, 0.717) is 5.75 Å². The number of carboxylic acids is 1. The van der Waals surface area contributed by atoms with Gasteiger partial charge in [0, 0.05) is 18.6 Å². The lowest BCUT2D eigenvalue weighted by molar-refractivity contribution is -0.139. The van der Waals surface area contributed by atoms with Crippen molar-refractivity contribution in [2.75, 3.05) is 12.0 Å². The van der Waals surface area contributed by atoms with Crippen LogP contribution in [0.2, 0.25) is 0 Å². The molecule has 94 valence electrons. The van der Waals surface area contributed by atoms with Crippen LogP contribution in [-0.2, 0) is 9.59 Å². The van der Waals surface area contributed by atoms with Crippen LogP contribution in [0.3, 0.4) is 0 Å². The molecule has 0 aliphatic heterocycles. The van der Waals surface area contributed by atoms with E-state index in [1.54, 1.807) is 0 Å². The molecule has 0 fully saturated rings. The Morgan fingerprint density at radius 1 is 1.31 bits per heavy atom. The third-order valence-corrected chi connectivity index (χ3v) is 2.52. The molecular formula is C9H17NO5S. The molecule has 0 aliphatic carbocycles. The van der Waals surface area contributed by atoms with Crippen LogP contribution in [0, 0.1) is 0 Å². The Bertz CT molecular complexity index is 234. The minimum absolute atomic E-state index is 0.00198. The molecule has 4 N–H and O–H groups in total. The average molecular weight is 251 g/mol. The summed E-state index contributed by atoms with van der Waals surface area (Å²) in [5.41, 5.74) is 0. The maximum atomic E-state index is 11.3. The molecule has 0 saturated heterocycles. The molecule has 0 aliphatic rings. The van der Waals surface area contributed by atoms with E-state index >= 15 is 0 Å². The van der Waals surface area contributed by atoms with Crippen molar-refractivity contribution in [1.29, 1.82) is 0 Å². The second-order valence-electron chi connectivity index (χ2n) is 3.26. The molecule has 0 spiro atoms. The zero-order chi connectivity index (χ0) is 12.6. The van der Waals surface area contributed by atoms with Gasteiger partial charge in [0.2, 0.25) is 5.91 Å². The Morgan fingerprint density at radius 2 is 1.94 bits per heavy atom. The van der Waals surface area contributed by atoms with E-state index in [1.165, 1.54) is 11.8 Å². The lowest BCUT2D eigenvalue weighted by Gasteiger charge is -2.19. The number of carbonyl (C=O) groups excluding carboxylic acids is 1. The second-order valence-corrected chi connectivity index (χ2v) is 4.25. The van der Waals surface area contributed by atoms with Gasteiger partial charge in [0.1, 0.15) is 0 Å². The van der Waals surface area contributed by atoms with Crippen LogP contribution in [0.25, 0.3) is 0 Å². The molecule has 16 heavy (non-hydrogen) atoms. The largest absolute Gasteiger partial charge is 0.481 e. The third-order valence-electron chi connectivity index (χ3n) is 1.91. The number of rotatable bonds is 8. The van der Waals surface area contributed by atoms with E-state index in [4.69, 9.17) is 15.3 Å². The number of hydrogen-bond acceptors (Lipinski definition) is 5. The minimum Gasteiger partial charge on any atom is -0.481 e. The Hall–Kier alpha value is -0.790. The Balaban J connectivity index is 4.02. The average Bonchev–Trinajstić information content (AvgIpc) is 2.20. The molecule has 1 atom stereocenters. The highest BCUT2D eigenvalue weighted by Gasteiger charge is 2.19. The second kappa shape index (κ2) is 8.37. The van der Waals surface area contributed by atoms with E-state index in [-0.39, 0.29) is 25.2 Å². The summed E-state index contributed by atoms with van der Waals surface area (Å²) in [5.74, 6) is -0.708. The fourth-order valence-electron chi connectivity index (χ4n) is 1.05. The first-order valence-corrected chi connectivity index (χ1v) is 6.23. The minimum atomic E-state index is -1.74. The molecular weight excluding hydrogens is 234 g/mol. The number of hydrogen-bond donors (Lipinski definition) is 4. The van der Waals surface area contributed by atoms with Crippen LogP contribution in [0.1, 0.15) is 19.3 Å². The van der Waals surface area contributed by atoms with Gasteiger partial charge in [-0.1, -0.05) is 0 Å². The fraction of sp³-hybridized carbons (Fsp3) is 0.778. The van der Waals surface area contributed by atoms with Gasteiger partial charge in [-0.15, -0.1) is 0 Å². The van der Waals surface area contributed by atoms with Gasteiger partial charge in [-0.25, -0.2) is 0 Å². The van der Waals surface area contributed by atoms with Crippen LogP contribution in [0.15, 0.2) is 0 Å². The summed E-state index contributed by atoms with van der Waals surface area (Å²) in [6, 6.07) is -0.926. The van der Waals surface area contributed by atoms with E-state index in [0.717, 1.165) is 0 Å². The molecule has 0 aromatic carbocycles. The van der Waals surface area contributed by atoms with Crippen molar-refractivity contribution < 1.29 is 24.9 Å². The maximum absolute atomic E-state index is 11.3. The van der Waals surface area contributed by atoms with Crippen LogP contribution < -0.4 is 5.32 Å². The molecule has 1 amide bonds. The number of thioether (sulfide) groups is 1. The van der Waals surface area contributed by atoms with E-state index in [1.807, 2.05) is 6.26 Å². The highest BCUT2D eigenvalue weighted by atomic mass is 32.2. The number of aliphatic carboxylic acids is 1. The van der Waals surface area contributed by atoms with Gasteiger partial charge >= 0.3 is 5.97 Å². The van der Waals surface area contributed by atoms with Crippen molar-refractivity contribution in [2.45, 2.75) is 31.6 Å². The molecule has 0 rings (SSSR count). The summed E-state index contributed by atoms with van der Waals surface area (Å²) in [5, 5.41) is 28.7. The van der Waals surface area contributed by atoms with Crippen molar-refractivity contribution in [3.05, 3.63) is 0 Å². The van der Waals surface area contributed by atoms with Gasteiger partial charge in [-0.2, -0.15) is 11.8 Å². The molecule has 7 heteroatoms. The number of aliphatic hydroxyl groups excluding tert-OH is 1. The van der Waals surface area contributed by atoms with Crippen LogP contribution in [0.4, 0.5) is 0 Å². The maximum Gasteiger partial charge on any atom is 0.303 e. The van der Waals surface area contributed by atoms with Gasteiger partial charge in [-0.3, -0.25) is 9.59 Å². The predicted molar refractivity (Wildman–Crippen MR) is 60.0 cm³/mol. The quantitative estimate of drug-likeness (QED) is 0.429. The molecule has 0 saturated carbocycles. The van der Waals surface area contributed by atoms with Gasteiger partial charge < -0.3 is 20.6 Å². The monoisotopic (exact) mass is 251 g/mol. The fourth-order valence-corrected chi connectivity index (χ4v) is 1.44. The highest BCUT2D eigenvalue weighted by Crippen LogP contribution is 2.03. The molecule has 0 aromatic rings. The molecule has 0 aromatic heterocycles. The first kappa shape index (κ1) is 15.2. The lowest BCUT2D eigenvalue weighted by Crippen LogP contribution is -2.43. The lowest BCUT2D eigenvalue weighted by atomic mass is 10.1. The smallest absolute Gasteiger partial charge is 0.303 e. The summed E-state index contributed by atoms with van der Waals surface area (Å²) in [6.07, 6.45) is 0.175. The Kier molecular flexibility index (Phi) is 7.96. The van der Waals surface area contributed by atoms with Crippen LogP contribution in [0.5, 0.6) is 0 Å². The predicted octanol–water partition coefficient (Wildman–Crippen LogP) is -0.600. The highest BCUT2D eigenvalue weighted by molar-refractivity contribution is 7.98. The molecule has 0 bridgehead atoms. The first-order chi connectivity index (χ1) is 7.47. The third kappa shape index (κ3) is 7.49. The molecule has 0 radical (unpaired) electrons. The number of amides is 1.